The van der Waals surface area contributed by atoms with Crippen LogP contribution in [0.5, 0.6) is 5.75 Å². The molecule has 4 rings (SSSR count). The Morgan fingerprint density at radius 2 is 1.57 bits per heavy atom. The number of carbonyl (C=O) groups excluding carboxylic acids is 2. The van der Waals surface area contributed by atoms with Gasteiger partial charge >= 0.3 is 17.7 Å². The zero-order valence-electron chi connectivity index (χ0n) is 20.1. The van der Waals surface area contributed by atoms with Gasteiger partial charge in [-0.15, -0.1) is 0 Å². The molecule has 0 unspecified atom stereocenters. The van der Waals surface area contributed by atoms with Gasteiger partial charge in [0.15, 0.2) is 0 Å². The number of fused-ring (bicyclic) bond motifs is 3. The molecule has 1 N–H and O–H groups in total. The molecule has 1 amide bonds. The molecule has 3 aromatic carbocycles. The van der Waals surface area contributed by atoms with Crippen molar-refractivity contribution in [2.24, 2.45) is 0 Å². The van der Waals surface area contributed by atoms with E-state index in [1.165, 1.54) is 0 Å². The lowest BCUT2D eigenvalue weighted by Crippen LogP contribution is -2.46. The van der Waals surface area contributed by atoms with E-state index in [1.54, 1.807) is 52.0 Å². The lowest BCUT2D eigenvalue weighted by molar-refractivity contribution is -0.136. The minimum Gasteiger partial charge on any atom is -0.444 e. The summed E-state index contributed by atoms with van der Waals surface area (Å²) in [6.07, 6.45) is -0.506. The molecule has 0 bridgehead atoms. The van der Waals surface area contributed by atoms with Gasteiger partial charge in [-0.1, -0.05) is 48.5 Å². The standard InChI is InChI=1S/C28H27NO6/c1-17-23(15-14-20-19-12-8-9-13-21(19)25(30)34-24(17)20)33-26(31)22(16-18-10-6-5-7-11-18)29-27(32)35-28(2,3)4/h5-15,22H,16H2,1-4H3,(H,29,32)/t22-/m1/s1. The maximum Gasteiger partial charge on any atom is 0.408 e. The largest absolute Gasteiger partial charge is 0.444 e. The van der Waals surface area contributed by atoms with Crippen LogP contribution in [0.15, 0.2) is 75.9 Å². The maximum atomic E-state index is 13.2. The molecule has 4 aromatic rings. The number of carbonyl (C=O) groups is 2. The molecule has 7 nitrogen and oxygen atoms in total. The number of esters is 1. The Kier molecular flexibility index (Phi) is 6.60. The molecule has 0 aliphatic rings. The van der Waals surface area contributed by atoms with Gasteiger partial charge in [-0.25, -0.2) is 14.4 Å². The van der Waals surface area contributed by atoms with Crippen molar-refractivity contribution in [2.45, 2.75) is 45.8 Å². The van der Waals surface area contributed by atoms with Gasteiger partial charge in [0, 0.05) is 17.4 Å². The highest BCUT2D eigenvalue weighted by Crippen LogP contribution is 2.31. The second-order valence-corrected chi connectivity index (χ2v) is 9.31. The predicted molar refractivity (Wildman–Crippen MR) is 134 cm³/mol. The van der Waals surface area contributed by atoms with Crippen LogP contribution in [0.25, 0.3) is 21.7 Å². The van der Waals surface area contributed by atoms with Gasteiger partial charge in [-0.2, -0.15) is 0 Å². The summed E-state index contributed by atoms with van der Waals surface area (Å²) in [5, 5.41) is 4.60. The van der Waals surface area contributed by atoms with Gasteiger partial charge in [0.1, 0.15) is 23.0 Å². The monoisotopic (exact) mass is 473 g/mol. The van der Waals surface area contributed by atoms with Crippen molar-refractivity contribution in [1.29, 1.82) is 0 Å². The molecule has 1 aromatic heterocycles. The zero-order valence-corrected chi connectivity index (χ0v) is 20.1. The first-order valence-electron chi connectivity index (χ1n) is 11.3. The zero-order chi connectivity index (χ0) is 25.2. The molecule has 1 heterocycles. The SMILES string of the molecule is Cc1c(OC(=O)[C@@H](Cc2ccccc2)NC(=O)OC(C)(C)C)ccc2c1oc(=O)c1ccccc12. The van der Waals surface area contributed by atoms with Crippen LogP contribution in [0.2, 0.25) is 0 Å². The number of ether oxygens (including phenoxy) is 2. The Morgan fingerprint density at radius 3 is 2.26 bits per heavy atom. The van der Waals surface area contributed by atoms with E-state index in [4.69, 9.17) is 13.9 Å². The van der Waals surface area contributed by atoms with Crippen molar-refractivity contribution in [3.05, 3.63) is 88.3 Å². The van der Waals surface area contributed by atoms with Gasteiger partial charge in [-0.05, 0) is 56.8 Å². The average molecular weight is 474 g/mol. The lowest BCUT2D eigenvalue weighted by Gasteiger charge is -2.23. The summed E-state index contributed by atoms with van der Waals surface area (Å²) >= 11 is 0. The molecular formula is C28H27NO6. The summed E-state index contributed by atoms with van der Waals surface area (Å²) in [6, 6.07) is 18.9. The molecule has 180 valence electrons. The fourth-order valence-corrected chi connectivity index (χ4v) is 3.84. The van der Waals surface area contributed by atoms with Gasteiger partial charge in [0.05, 0.1) is 5.39 Å². The molecule has 0 aliphatic carbocycles. The molecule has 35 heavy (non-hydrogen) atoms. The minimum absolute atomic E-state index is 0.214. The highest BCUT2D eigenvalue weighted by atomic mass is 16.6. The first-order chi connectivity index (χ1) is 16.6. The van der Waals surface area contributed by atoms with Gasteiger partial charge in [0.25, 0.3) is 0 Å². The molecule has 0 saturated heterocycles. The van der Waals surface area contributed by atoms with E-state index in [0.29, 0.717) is 16.5 Å². The third-order valence-electron chi connectivity index (χ3n) is 5.46. The minimum atomic E-state index is -0.994. The summed E-state index contributed by atoms with van der Waals surface area (Å²) in [4.78, 5) is 38.1. The van der Waals surface area contributed by atoms with Crippen LogP contribution in [0, 0.1) is 6.92 Å². The first-order valence-corrected chi connectivity index (χ1v) is 11.3. The molecule has 1 atom stereocenters. The molecule has 0 aliphatic heterocycles. The Hall–Kier alpha value is -4.13. The second kappa shape index (κ2) is 9.62. The number of benzene rings is 3. The van der Waals surface area contributed by atoms with Gasteiger partial charge in [-0.3, -0.25) is 0 Å². The molecule has 0 fully saturated rings. The molecular weight excluding hydrogens is 446 g/mol. The number of hydrogen-bond acceptors (Lipinski definition) is 6. The van der Waals surface area contributed by atoms with Crippen LogP contribution in [-0.2, 0) is 16.0 Å². The number of amides is 1. The normalized spacial score (nSPS) is 12.3. The van der Waals surface area contributed by atoms with Crippen molar-refractivity contribution < 1.29 is 23.5 Å². The molecule has 7 heteroatoms. The van der Waals surface area contributed by atoms with Gasteiger partial charge < -0.3 is 19.2 Å². The Morgan fingerprint density at radius 1 is 0.914 bits per heavy atom. The first kappa shape index (κ1) is 24.0. The van der Waals surface area contributed by atoms with E-state index in [1.807, 2.05) is 42.5 Å². The van der Waals surface area contributed by atoms with E-state index < -0.39 is 29.3 Å². The van der Waals surface area contributed by atoms with E-state index in [9.17, 15) is 14.4 Å². The summed E-state index contributed by atoms with van der Waals surface area (Å²) in [7, 11) is 0. The number of rotatable bonds is 5. The number of aryl methyl sites for hydroxylation is 1. The van der Waals surface area contributed by atoms with E-state index in [-0.39, 0.29) is 12.2 Å². The predicted octanol–water partition coefficient (Wildman–Crippen LogP) is 5.30. The quantitative estimate of drug-likeness (QED) is 0.183. The number of alkyl carbamates (subject to hydrolysis) is 1. The molecule has 0 saturated carbocycles. The number of hydrogen-bond donors (Lipinski definition) is 1. The van der Waals surface area contributed by atoms with Crippen LogP contribution in [-0.4, -0.2) is 23.7 Å². The van der Waals surface area contributed by atoms with Crippen LogP contribution < -0.4 is 15.7 Å². The lowest BCUT2D eigenvalue weighted by atomic mass is 10.0. The van der Waals surface area contributed by atoms with E-state index in [0.717, 1.165) is 16.3 Å². The van der Waals surface area contributed by atoms with E-state index in [2.05, 4.69) is 5.32 Å². The summed E-state index contributed by atoms with van der Waals surface area (Å²) < 4.78 is 16.6. The fourth-order valence-electron chi connectivity index (χ4n) is 3.84. The topological polar surface area (TPSA) is 94.8 Å². The summed E-state index contributed by atoms with van der Waals surface area (Å²) in [6.45, 7) is 6.95. The Labute approximate surface area is 202 Å². The number of nitrogens with one attached hydrogen (secondary N) is 1. The molecule has 0 spiro atoms. The van der Waals surface area contributed by atoms with Crippen LogP contribution in [0.1, 0.15) is 31.9 Å². The van der Waals surface area contributed by atoms with Crippen LogP contribution in [0.4, 0.5) is 4.79 Å². The summed E-state index contributed by atoms with van der Waals surface area (Å²) in [5.41, 5.74) is 0.514. The van der Waals surface area contributed by atoms with Crippen molar-refractivity contribution in [3.63, 3.8) is 0 Å². The van der Waals surface area contributed by atoms with Crippen molar-refractivity contribution in [1.82, 2.24) is 5.32 Å². The third kappa shape index (κ3) is 5.51. The summed E-state index contributed by atoms with van der Waals surface area (Å²) in [5.74, 6) is -0.421. The van der Waals surface area contributed by atoms with Crippen molar-refractivity contribution in [2.75, 3.05) is 0 Å². The highest BCUT2D eigenvalue weighted by Gasteiger charge is 2.27. The Bertz CT molecular complexity index is 1450. The Balaban J connectivity index is 1.65. The highest BCUT2D eigenvalue weighted by molar-refractivity contribution is 6.05. The average Bonchev–Trinajstić information content (AvgIpc) is 2.80. The van der Waals surface area contributed by atoms with Crippen LogP contribution >= 0.6 is 0 Å². The maximum absolute atomic E-state index is 13.2. The smallest absolute Gasteiger partial charge is 0.408 e. The third-order valence-corrected chi connectivity index (χ3v) is 5.46. The molecule has 0 radical (unpaired) electrons. The van der Waals surface area contributed by atoms with Gasteiger partial charge in [0.2, 0.25) is 0 Å². The van der Waals surface area contributed by atoms with Crippen molar-refractivity contribution >= 4 is 33.8 Å². The van der Waals surface area contributed by atoms with Crippen LogP contribution in [0.3, 0.4) is 0 Å². The van der Waals surface area contributed by atoms with Crippen molar-refractivity contribution in [3.8, 4) is 5.75 Å². The van der Waals surface area contributed by atoms with E-state index >= 15 is 0 Å². The fraction of sp³-hybridized carbons (Fsp3) is 0.250. The second-order valence-electron chi connectivity index (χ2n) is 9.31.